The minimum atomic E-state index is -5.22. The fraction of sp³-hybridized carbons (Fsp3) is 0.625. The Balaban J connectivity index is 1.91. The normalized spacial score (nSPS) is 32.2. The Morgan fingerprint density at radius 2 is 1.88 bits per heavy atom. The lowest BCUT2D eigenvalue weighted by atomic mass is 9.72. The molecule has 33 heavy (non-hydrogen) atoms. The summed E-state index contributed by atoms with van der Waals surface area (Å²) in [5, 5.41) is 1.91. The first-order valence-corrected chi connectivity index (χ1v) is 11.3. The van der Waals surface area contributed by atoms with Gasteiger partial charge < -0.3 is 14.6 Å². The Bertz CT molecular complexity index is 1010. The molecule has 0 radical (unpaired) electrons. The van der Waals surface area contributed by atoms with Gasteiger partial charge >= 0.3 is 6.18 Å². The maximum absolute atomic E-state index is 14.8. The Morgan fingerprint density at radius 3 is 2.48 bits per heavy atom. The number of ketones is 1. The molecule has 9 heteroatoms. The lowest BCUT2D eigenvalue weighted by Gasteiger charge is -2.43. The van der Waals surface area contributed by atoms with E-state index in [1.807, 2.05) is 19.2 Å². The summed E-state index contributed by atoms with van der Waals surface area (Å²) in [6.45, 7) is 7.57. The number of halogens is 3. The highest BCUT2D eigenvalue weighted by Crippen LogP contribution is 2.53. The lowest BCUT2D eigenvalue weighted by molar-refractivity contribution is -0.192. The first-order valence-electron chi connectivity index (χ1n) is 11.3. The van der Waals surface area contributed by atoms with Crippen molar-refractivity contribution in [1.82, 2.24) is 10.2 Å². The average molecular weight is 467 g/mol. The van der Waals surface area contributed by atoms with Crippen molar-refractivity contribution in [3.63, 3.8) is 0 Å². The zero-order chi connectivity index (χ0) is 24.3. The van der Waals surface area contributed by atoms with Crippen molar-refractivity contribution in [3.8, 4) is 0 Å². The monoisotopic (exact) mass is 466 g/mol. The number of hydrogen-bond donors (Lipinski definition) is 1. The number of rotatable bonds is 3. The van der Waals surface area contributed by atoms with Gasteiger partial charge in [0.1, 0.15) is 0 Å². The SMILES string of the molecule is C[C@@H]1[C@H](C)CCC[C@H]1N1C(=O)[C@@](NC(=O)c2ccco2)(C(F)(F)F)C2=C1CC(C)(C)CC2=O. The lowest BCUT2D eigenvalue weighted by Crippen LogP contribution is -2.67. The summed E-state index contributed by atoms with van der Waals surface area (Å²) in [4.78, 5) is 41.0. The second-order valence-electron chi connectivity index (χ2n) is 10.5. The van der Waals surface area contributed by atoms with Crippen LogP contribution in [0.25, 0.3) is 0 Å². The fourth-order valence-corrected chi connectivity index (χ4v) is 5.69. The van der Waals surface area contributed by atoms with Crippen molar-refractivity contribution < 1.29 is 32.0 Å². The van der Waals surface area contributed by atoms with E-state index in [4.69, 9.17) is 4.42 Å². The number of carbonyl (C=O) groups excluding carboxylic acids is 3. The van der Waals surface area contributed by atoms with Gasteiger partial charge in [0.05, 0.1) is 11.8 Å². The molecule has 0 aromatic carbocycles. The molecule has 1 fully saturated rings. The summed E-state index contributed by atoms with van der Waals surface area (Å²) < 4.78 is 49.5. The second-order valence-corrected chi connectivity index (χ2v) is 10.5. The summed E-state index contributed by atoms with van der Waals surface area (Å²) in [5.41, 5.74) is -4.57. The molecular formula is C24H29F3N2O4. The summed E-state index contributed by atoms with van der Waals surface area (Å²) in [7, 11) is 0. The first kappa shape index (κ1) is 23.6. The van der Waals surface area contributed by atoms with Gasteiger partial charge in [-0.15, -0.1) is 0 Å². The zero-order valence-corrected chi connectivity index (χ0v) is 19.2. The minimum absolute atomic E-state index is 0.0543. The van der Waals surface area contributed by atoms with E-state index >= 15 is 0 Å². The minimum Gasteiger partial charge on any atom is -0.459 e. The maximum Gasteiger partial charge on any atom is 0.425 e. The van der Waals surface area contributed by atoms with Crippen LogP contribution in [0.2, 0.25) is 0 Å². The van der Waals surface area contributed by atoms with Gasteiger partial charge in [-0.3, -0.25) is 14.4 Å². The smallest absolute Gasteiger partial charge is 0.425 e. The van der Waals surface area contributed by atoms with Gasteiger partial charge in [-0.05, 0) is 42.2 Å². The zero-order valence-electron chi connectivity index (χ0n) is 19.2. The molecule has 180 valence electrons. The Hall–Kier alpha value is -2.58. The molecule has 3 aliphatic rings. The van der Waals surface area contributed by atoms with Crippen LogP contribution >= 0.6 is 0 Å². The molecule has 2 amide bonds. The van der Waals surface area contributed by atoms with Crippen molar-refractivity contribution >= 4 is 17.6 Å². The molecule has 1 aromatic heterocycles. The molecule has 1 aliphatic heterocycles. The largest absolute Gasteiger partial charge is 0.459 e. The number of nitrogens with one attached hydrogen (secondary N) is 1. The highest BCUT2D eigenvalue weighted by Gasteiger charge is 2.72. The number of allylic oxidation sites excluding steroid dienone is 1. The molecule has 2 aliphatic carbocycles. The van der Waals surface area contributed by atoms with Crippen molar-refractivity contribution in [3.05, 3.63) is 35.4 Å². The van der Waals surface area contributed by atoms with Gasteiger partial charge in [-0.1, -0.05) is 40.5 Å². The predicted octanol–water partition coefficient (Wildman–Crippen LogP) is 4.62. The van der Waals surface area contributed by atoms with E-state index in [2.05, 4.69) is 0 Å². The third kappa shape index (κ3) is 3.60. The third-order valence-corrected chi connectivity index (χ3v) is 7.52. The second kappa shape index (κ2) is 7.74. The molecule has 4 atom stereocenters. The molecule has 0 saturated heterocycles. The standard InChI is InChI=1S/C24H29F3N2O4/c1-13-7-5-8-15(14(13)2)29-16-11-22(3,4)12-17(30)19(16)23(21(29)32,24(25,26)27)28-20(31)18-9-6-10-33-18/h6,9-10,13-15H,5,7-8,11-12H2,1-4H3,(H,28,31)/t13-,14-,15-,23-/m1/s1. The number of amides is 2. The van der Waals surface area contributed by atoms with E-state index < -0.39 is 46.3 Å². The molecule has 2 heterocycles. The maximum atomic E-state index is 14.8. The highest BCUT2D eigenvalue weighted by molar-refractivity contribution is 6.14. The fourth-order valence-electron chi connectivity index (χ4n) is 5.69. The van der Waals surface area contributed by atoms with E-state index in [9.17, 15) is 27.6 Å². The molecule has 6 nitrogen and oxygen atoms in total. The highest BCUT2D eigenvalue weighted by atomic mass is 19.4. The summed E-state index contributed by atoms with van der Waals surface area (Å²) in [6.07, 6.45) is -1.82. The molecular weight excluding hydrogens is 437 g/mol. The number of hydrogen-bond acceptors (Lipinski definition) is 4. The van der Waals surface area contributed by atoms with Crippen molar-refractivity contribution in [2.24, 2.45) is 17.3 Å². The molecule has 0 spiro atoms. The number of furan rings is 1. The van der Waals surface area contributed by atoms with Crippen LogP contribution in [-0.4, -0.2) is 40.3 Å². The van der Waals surface area contributed by atoms with E-state index in [1.54, 1.807) is 13.8 Å². The van der Waals surface area contributed by atoms with Crippen molar-refractivity contribution in [2.75, 3.05) is 0 Å². The number of carbonyl (C=O) groups is 3. The predicted molar refractivity (Wildman–Crippen MR) is 113 cm³/mol. The van der Waals surface area contributed by atoms with Crippen LogP contribution in [0.3, 0.4) is 0 Å². The number of alkyl halides is 3. The Kier molecular flexibility index (Phi) is 5.53. The van der Waals surface area contributed by atoms with Gasteiger partial charge in [-0.2, -0.15) is 13.2 Å². The number of Topliss-reactive ketones (excluding diaryl/α,β-unsaturated/α-hetero) is 1. The Labute approximate surface area is 190 Å². The van der Waals surface area contributed by atoms with Gasteiger partial charge in [0, 0.05) is 18.2 Å². The number of nitrogens with zero attached hydrogens (tertiary/aromatic N) is 1. The van der Waals surface area contributed by atoms with Crippen LogP contribution in [0.1, 0.15) is 70.4 Å². The van der Waals surface area contributed by atoms with Gasteiger partial charge in [0.25, 0.3) is 11.8 Å². The molecule has 1 aromatic rings. The van der Waals surface area contributed by atoms with E-state index in [0.717, 1.165) is 19.1 Å². The quantitative estimate of drug-likeness (QED) is 0.705. The van der Waals surface area contributed by atoms with Crippen molar-refractivity contribution in [2.45, 2.75) is 77.6 Å². The van der Waals surface area contributed by atoms with Crippen LogP contribution in [0, 0.1) is 17.3 Å². The van der Waals surface area contributed by atoms with Crippen LogP contribution in [-0.2, 0) is 9.59 Å². The van der Waals surface area contributed by atoms with Gasteiger partial charge in [0.15, 0.2) is 11.5 Å². The van der Waals surface area contributed by atoms with Gasteiger partial charge in [-0.25, -0.2) is 0 Å². The molecule has 1 saturated carbocycles. The first-order chi connectivity index (χ1) is 15.3. The van der Waals surface area contributed by atoms with Crippen LogP contribution in [0.15, 0.2) is 34.1 Å². The average Bonchev–Trinajstić information content (AvgIpc) is 3.30. The third-order valence-electron chi connectivity index (χ3n) is 7.52. The molecule has 1 N–H and O–H groups in total. The van der Waals surface area contributed by atoms with Crippen LogP contribution in [0.5, 0.6) is 0 Å². The summed E-state index contributed by atoms with van der Waals surface area (Å²) >= 11 is 0. The van der Waals surface area contributed by atoms with Crippen molar-refractivity contribution in [1.29, 1.82) is 0 Å². The van der Waals surface area contributed by atoms with Gasteiger partial charge in [0.2, 0.25) is 5.54 Å². The molecule has 4 rings (SSSR count). The molecule has 0 unspecified atom stereocenters. The molecule has 0 bridgehead atoms. The topological polar surface area (TPSA) is 79.6 Å². The van der Waals surface area contributed by atoms with Crippen LogP contribution in [0.4, 0.5) is 13.2 Å². The van der Waals surface area contributed by atoms with Crippen LogP contribution < -0.4 is 5.32 Å². The summed E-state index contributed by atoms with van der Waals surface area (Å²) in [6, 6.07) is 2.10. The summed E-state index contributed by atoms with van der Waals surface area (Å²) in [5.74, 6) is -3.45. The van der Waals surface area contributed by atoms with E-state index in [-0.39, 0.29) is 36.1 Å². The van der Waals surface area contributed by atoms with E-state index in [1.165, 1.54) is 17.0 Å². The Morgan fingerprint density at radius 1 is 1.18 bits per heavy atom. The van der Waals surface area contributed by atoms with E-state index in [0.29, 0.717) is 6.42 Å².